The largest absolute Gasteiger partial charge is 0.326 e. The molecule has 0 bridgehead atoms. The van der Waals surface area contributed by atoms with Crippen LogP contribution in [0.1, 0.15) is 51.0 Å². The zero-order valence-corrected chi connectivity index (χ0v) is 12.5. The molecule has 0 unspecified atom stereocenters. The number of amides is 2. The number of hydroxylamine groups is 1. The Morgan fingerprint density at radius 3 is 2.05 bits per heavy atom. The van der Waals surface area contributed by atoms with Gasteiger partial charge in [-0.1, -0.05) is 31.9 Å². The number of carbonyl (C=O) groups is 2. The van der Waals surface area contributed by atoms with Gasteiger partial charge in [-0.2, -0.15) is 0 Å². The Balaban J connectivity index is 2.12. The van der Waals surface area contributed by atoms with Crippen LogP contribution in [0.15, 0.2) is 24.3 Å². The standard InChI is InChI=1S/C16H24N2O3/c1-2-13-9-11-14(12-10-13)17-15(19)7-5-3-4-6-8-16(20)18-21/h9-12,21H,2-8H2,1H3,(H,17,19)(H,18,20). The van der Waals surface area contributed by atoms with Crippen LogP contribution in [0.2, 0.25) is 0 Å². The Bertz CT molecular complexity index is 443. The lowest BCUT2D eigenvalue weighted by Crippen LogP contribution is -2.17. The van der Waals surface area contributed by atoms with Crippen molar-refractivity contribution in [1.82, 2.24) is 5.48 Å². The molecule has 0 aromatic heterocycles. The number of hydrogen-bond acceptors (Lipinski definition) is 3. The van der Waals surface area contributed by atoms with Gasteiger partial charge in [0.15, 0.2) is 0 Å². The van der Waals surface area contributed by atoms with Crippen molar-refractivity contribution in [3.05, 3.63) is 29.8 Å². The zero-order chi connectivity index (χ0) is 15.5. The Morgan fingerprint density at radius 2 is 1.52 bits per heavy atom. The normalized spacial score (nSPS) is 10.2. The highest BCUT2D eigenvalue weighted by atomic mass is 16.5. The number of hydrogen-bond donors (Lipinski definition) is 3. The highest BCUT2D eigenvalue weighted by molar-refractivity contribution is 5.90. The van der Waals surface area contributed by atoms with Gasteiger partial charge >= 0.3 is 0 Å². The first-order valence-corrected chi connectivity index (χ1v) is 7.47. The number of aryl methyl sites for hydroxylation is 1. The van der Waals surface area contributed by atoms with E-state index in [0.29, 0.717) is 12.8 Å². The molecule has 0 atom stereocenters. The van der Waals surface area contributed by atoms with Crippen LogP contribution < -0.4 is 10.8 Å². The smallest absolute Gasteiger partial charge is 0.243 e. The van der Waals surface area contributed by atoms with Crippen molar-refractivity contribution in [2.75, 3.05) is 5.32 Å². The van der Waals surface area contributed by atoms with Crippen LogP contribution >= 0.6 is 0 Å². The summed E-state index contributed by atoms with van der Waals surface area (Å²) < 4.78 is 0. The lowest BCUT2D eigenvalue weighted by atomic mass is 10.1. The van der Waals surface area contributed by atoms with Gasteiger partial charge in [0.25, 0.3) is 0 Å². The summed E-state index contributed by atoms with van der Waals surface area (Å²) in [6, 6.07) is 7.87. The Hall–Kier alpha value is -1.88. The molecule has 0 aliphatic heterocycles. The first-order chi connectivity index (χ1) is 10.2. The molecule has 0 heterocycles. The number of nitrogens with one attached hydrogen (secondary N) is 2. The second-order valence-electron chi connectivity index (χ2n) is 5.05. The van der Waals surface area contributed by atoms with Gasteiger partial charge in [-0.15, -0.1) is 0 Å². The van der Waals surface area contributed by atoms with Crippen LogP contribution in [0, 0.1) is 0 Å². The number of carbonyl (C=O) groups excluding carboxylic acids is 2. The van der Waals surface area contributed by atoms with Crippen molar-refractivity contribution in [3.63, 3.8) is 0 Å². The van der Waals surface area contributed by atoms with Gasteiger partial charge in [-0.05, 0) is 37.0 Å². The summed E-state index contributed by atoms with van der Waals surface area (Å²) in [7, 11) is 0. The molecular weight excluding hydrogens is 268 g/mol. The third-order valence-electron chi connectivity index (χ3n) is 3.33. The molecule has 0 aliphatic carbocycles. The van der Waals surface area contributed by atoms with E-state index in [1.54, 1.807) is 5.48 Å². The zero-order valence-electron chi connectivity index (χ0n) is 12.5. The highest BCUT2D eigenvalue weighted by Crippen LogP contribution is 2.11. The fourth-order valence-electron chi connectivity index (χ4n) is 2.03. The maximum absolute atomic E-state index is 11.7. The Kier molecular flexibility index (Phi) is 8.12. The van der Waals surface area contributed by atoms with Gasteiger partial charge in [0, 0.05) is 18.5 Å². The summed E-state index contributed by atoms with van der Waals surface area (Å²) in [6.07, 6.45) is 5.12. The molecule has 2 amide bonds. The van der Waals surface area contributed by atoms with Crippen LogP contribution in [0.25, 0.3) is 0 Å². The van der Waals surface area contributed by atoms with Gasteiger partial charge in [0.1, 0.15) is 0 Å². The van der Waals surface area contributed by atoms with Crippen LogP contribution in [-0.4, -0.2) is 17.0 Å². The topological polar surface area (TPSA) is 78.4 Å². The van der Waals surface area contributed by atoms with E-state index in [1.165, 1.54) is 5.56 Å². The van der Waals surface area contributed by atoms with E-state index in [0.717, 1.165) is 37.8 Å². The SMILES string of the molecule is CCc1ccc(NC(=O)CCCCCCC(=O)NO)cc1. The van der Waals surface area contributed by atoms with Gasteiger partial charge in [0.05, 0.1) is 0 Å². The predicted octanol–water partition coefficient (Wildman–Crippen LogP) is 3.03. The van der Waals surface area contributed by atoms with Crippen molar-refractivity contribution < 1.29 is 14.8 Å². The average molecular weight is 292 g/mol. The molecule has 3 N–H and O–H groups in total. The third kappa shape index (κ3) is 7.46. The van der Waals surface area contributed by atoms with Crippen molar-refractivity contribution in [2.45, 2.75) is 51.9 Å². The molecule has 5 nitrogen and oxygen atoms in total. The average Bonchev–Trinajstić information content (AvgIpc) is 2.51. The van der Waals surface area contributed by atoms with Crippen LogP contribution in [0.4, 0.5) is 5.69 Å². The van der Waals surface area contributed by atoms with Crippen molar-refractivity contribution in [3.8, 4) is 0 Å². The molecule has 116 valence electrons. The number of benzene rings is 1. The first kappa shape index (κ1) is 17.2. The number of anilines is 1. The Morgan fingerprint density at radius 1 is 0.952 bits per heavy atom. The first-order valence-electron chi connectivity index (χ1n) is 7.47. The van der Waals surface area contributed by atoms with Crippen LogP contribution in [0.5, 0.6) is 0 Å². The number of rotatable bonds is 9. The highest BCUT2D eigenvalue weighted by Gasteiger charge is 2.03. The molecule has 0 spiro atoms. The van der Waals surface area contributed by atoms with Crippen molar-refractivity contribution in [2.24, 2.45) is 0 Å². The van der Waals surface area contributed by atoms with E-state index in [9.17, 15) is 9.59 Å². The predicted molar refractivity (Wildman–Crippen MR) is 82.1 cm³/mol. The summed E-state index contributed by atoms with van der Waals surface area (Å²) in [5.74, 6) is -0.337. The van der Waals surface area contributed by atoms with E-state index < -0.39 is 0 Å². The molecule has 1 aromatic rings. The molecule has 0 fully saturated rings. The molecular formula is C16H24N2O3. The lowest BCUT2D eigenvalue weighted by molar-refractivity contribution is -0.129. The second kappa shape index (κ2) is 9.94. The quantitative estimate of drug-likeness (QED) is 0.372. The Labute approximate surface area is 125 Å². The van der Waals surface area contributed by atoms with E-state index in [4.69, 9.17) is 5.21 Å². The second-order valence-corrected chi connectivity index (χ2v) is 5.05. The van der Waals surface area contributed by atoms with Gasteiger partial charge < -0.3 is 5.32 Å². The van der Waals surface area contributed by atoms with E-state index in [2.05, 4.69) is 12.2 Å². The lowest BCUT2D eigenvalue weighted by Gasteiger charge is -2.06. The molecule has 1 aromatic carbocycles. The molecule has 0 radical (unpaired) electrons. The maximum Gasteiger partial charge on any atom is 0.243 e. The molecule has 0 aliphatic rings. The van der Waals surface area contributed by atoms with Gasteiger partial charge in [0.2, 0.25) is 11.8 Å². The minimum Gasteiger partial charge on any atom is -0.326 e. The van der Waals surface area contributed by atoms with E-state index >= 15 is 0 Å². The summed E-state index contributed by atoms with van der Waals surface area (Å²) in [5.41, 5.74) is 3.69. The monoisotopic (exact) mass is 292 g/mol. The molecule has 0 saturated heterocycles. The molecule has 1 rings (SSSR count). The third-order valence-corrected chi connectivity index (χ3v) is 3.33. The van der Waals surface area contributed by atoms with E-state index in [-0.39, 0.29) is 11.8 Å². The van der Waals surface area contributed by atoms with Crippen molar-refractivity contribution in [1.29, 1.82) is 0 Å². The van der Waals surface area contributed by atoms with Gasteiger partial charge in [-0.3, -0.25) is 14.8 Å². The van der Waals surface area contributed by atoms with E-state index in [1.807, 2.05) is 24.3 Å². The number of unbranched alkanes of at least 4 members (excludes halogenated alkanes) is 3. The minimum absolute atomic E-state index is 0.0207. The summed E-state index contributed by atoms with van der Waals surface area (Å²) in [5, 5.41) is 11.2. The molecule has 21 heavy (non-hydrogen) atoms. The summed E-state index contributed by atoms with van der Waals surface area (Å²) in [4.78, 5) is 22.5. The summed E-state index contributed by atoms with van der Waals surface area (Å²) in [6.45, 7) is 2.10. The van der Waals surface area contributed by atoms with Gasteiger partial charge in [-0.25, -0.2) is 5.48 Å². The maximum atomic E-state index is 11.7. The van der Waals surface area contributed by atoms with Crippen LogP contribution in [0.3, 0.4) is 0 Å². The summed E-state index contributed by atoms with van der Waals surface area (Å²) >= 11 is 0. The minimum atomic E-state index is -0.358. The molecule has 0 saturated carbocycles. The fourth-order valence-corrected chi connectivity index (χ4v) is 2.03. The van der Waals surface area contributed by atoms with Crippen molar-refractivity contribution >= 4 is 17.5 Å². The molecule has 5 heteroatoms. The fraction of sp³-hybridized carbons (Fsp3) is 0.500. The van der Waals surface area contributed by atoms with Crippen LogP contribution in [-0.2, 0) is 16.0 Å².